The van der Waals surface area contributed by atoms with Crippen molar-refractivity contribution in [2.75, 3.05) is 40.9 Å². The Morgan fingerprint density at radius 2 is 0.831 bits per heavy atom. The number of allylic oxidation sites excluding steroid dienone is 15. The first-order valence-corrected chi connectivity index (χ1v) is 33.1. The Balaban J connectivity index is 5.29. The van der Waals surface area contributed by atoms with Crippen molar-refractivity contribution in [3.8, 4) is 0 Å². The van der Waals surface area contributed by atoms with Crippen molar-refractivity contribution in [1.29, 1.82) is 0 Å². The molecule has 444 valence electrons. The quantitative estimate of drug-likeness (QED) is 0.0205. The van der Waals surface area contributed by atoms with Crippen molar-refractivity contribution in [2.45, 2.75) is 277 Å². The average molecular weight is 1100 g/mol. The fourth-order valence-electron chi connectivity index (χ4n) is 8.64. The molecule has 10 heteroatoms. The number of carbonyl (C=O) groups excluding carboxylic acids is 2. The summed E-state index contributed by atoms with van der Waals surface area (Å²) < 4.78 is 30.7. The Kier molecular flexibility index (Phi) is 54.0. The minimum atomic E-state index is -4.47. The molecule has 0 bridgehead atoms. The number of phosphoric ester groups is 1. The smallest absolute Gasteiger partial charge is 0.456 e. The van der Waals surface area contributed by atoms with Gasteiger partial charge in [0.15, 0.2) is 0 Å². The van der Waals surface area contributed by atoms with Crippen molar-refractivity contribution in [2.24, 2.45) is 0 Å². The summed E-state index contributed by atoms with van der Waals surface area (Å²) in [6.07, 6.45) is 75.5. The molecule has 77 heavy (non-hydrogen) atoms. The number of likely N-dealkylation sites (N-methyl/N-ethyl adjacent to an activating group) is 1. The highest BCUT2D eigenvalue weighted by Gasteiger charge is 2.30. The molecule has 9 nitrogen and oxygen atoms in total. The van der Waals surface area contributed by atoms with Crippen LogP contribution in [0.25, 0.3) is 0 Å². The van der Waals surface area contributed by atoms with Crippen LogP contribution in [0.15, 0.2) is 97.2 Å². The minimum absolute atomic E-state index is 0.0272. The predicted molar refractivity (Wildman–Crippen MR) is 332 cm³/mol. The average Bonchev–Trinajstić information content (AvgIpc) is 3.39. The molecule has 2 N–H and O–H groups in total. The van der Waals surface area contributed by atoms with E-state index in [9.17, 15) is 19.0 Å². The Labute approximate surface area is 475 Å². The van der Waals surface area contributed by atoms with Crippen LogP contribution >= 0.6 is 7.82 Å². The first-order valence-electron chi connectivity index (χ1n) is 31.6. The van der Waals surface area contributed by atoms with Crippen molar-refractivity contribution >= 4 is 19.7 Å². The van der Waals surface area contributed by atoms with Crippen molar-refractivity contribution in [3.05, 3.63) is 97.2 Å². The molecule has 0 heterocycles. The zero-order chi connectivity index (χ0) is 56.4. The SMILES string of the molecule is CC/C=C\C/C=C\C/C=C\C/C=C\C/C=C\C/C=C\CCCCC(=O)NC(COP(=O)(O)OCC[N+](C)(C)C)C(/C=C/CCCCCCCCCCC)OC(=O)CCCCCCCCCCC/C=C/CCCCCCCC. The first-order chi connectivity index (χ1) is 37.4. The van der Waals surface area contributed by atoms with E-state index in [1.807, 2.05) is 33.3 Å². The maximum absolute atomic E-state index is 13.5. The normalized spacial score (nSPS) is 14.3. The van der Waals surface area contributed by atoms with Crippen LogP contribution in [0.1, 0.15) is 265 Å². The van der Waals surface area contributed by atoms with E-state index in [1.165, 1.54) is 135 Å². The summed E-state index contributed by atoms with van der Waals surface area (Å²) in [7, 11) is 1.46. The van der Waals surface area contributed by atoms with Gasteiger partial charge in [-0.1, -0.05) is 240 Å². The lowest BCUT2D eigenvalue weighted by molar-refractivity contribution is -0.870. The molecular formula is C67H120N2O7P+. The molecular weight excluding hydrogens is 976 g/mol. The van der Waals surface area contributed by atoms with Gasteiger partial charge in [0.05, 0.1) is 33.8 Å². The Hall–Kier alpha value is -3.07. The van der Waals surface area contributed by atoms with Gasteiger partial charge in [0.1, 0.15) is 19.3 Å². The maximum atomic E-state index is 13.5. The van der Waals surface area contributed by atoms with Crippen LogP contribution in [0, 0.1) is 0 Å². The molecule has 0 spiro atoms. The number of esters is 1. The van der Waals surface area contributed by atoms with Gasteiger partial charge < -0.3 is 19.4 Å². The third-order valence-corrected chi connectivity index (χ3v) is 14.5. The fourth-order valence-corrected chi connectivity index (χ4v) is 9.38. The Bertz CT molecular complexity index is 1640. The second-order valence-electron chi connectivity index (χ2n) is 22.2. The third kappa shape index (κ3) is 57.4. The van der Waals surface area contributed by atoms with E-state index in [0.29, 0.717) is 17.4 Å². The number of unbranched alkanes of at least 4 members (excludes halogenated alkanes) is 26. The number of nitrogens with zero attached hydrogens (tertiary/aromatic N) is 1. The minimum Gasteiger partial charge on any atom is -0.456 e. The third-order valence-electron chi connectivity index (χ3n) is 13.5. The lowest BCUT2D eigenvalue weighted by atomic mass is 10.0. The van der Waals surface area contributed by atoms with Crippen LogP contribution in [-0.2, 0) is 27.9 Å². The second-order valence-corrected chi connectivity index (χ2v) is 23.6. The molecule has 0 aliphatic rings. The van der Waals surface area contributed by atoms with Gasteiger partial charge in [0.2, 0.25) is 5.91 Å². The summed E-state index contributed by atoms with van der Waals surface area (Å²) in [5.41, 5.74) is 0. The molecule has 0 rings (SSSR count). The second kappa shape index (κ2) is 56.2. The van der Waals surface area contributed by atoms with Gasteiger partial charge in [-0.3, -0.25) is 18.6 Å². The molecule has 0 aromatic rings. The molecule has 0 aliphatic carbocycles. The van der Waals surface area contributed by atoms with E-state index < -0.39 is 20.0 Å². The zero-order valence-corrected chi connectivity index (χ0v) is 51.6. The van der Waals surface area contributed by atoms with Gasteiger partial charge in [0, 0.05) is 12.8 Å². The lowest BCUT2D eigenvalue weighted by Gasteiger charge is -2.27. The van der Waals surface area contributed by atoms with E-state index in [2.05, 4.69) is 111 Å². The van der Waals surface area contributed by atoms with Crippen LogP contribution in [0.4, 0.5) is 0 Å². The number of phosphoric acid groups is 1. The largest absolute Gasteiger partial charge is 0.472 e. The van der Waals surface area contributed by atoms with E-state index in [-0.39, 0.29) is 37.9 Å². The lowest BCUT2D eigenvalue weighted by Crippen LogP contribution is -2.47. The topological polar surface area (TPSA) is 111 Å². The molecule has 0 saturated heterocycles. The Morgan fingerprint density at radius 1 is 0.468 bits per heavy atom. The van der Waals surface area contributed by atoms with Gasteiger partial charge in [0.25, 0.3) is 0 Å². The number of quaternary nitrogens is 1. The van der Waals surface area contributed by atoms with E-state index in [4.69, 9.17) is 13.8 Å². The summed E-state index contributed by atoms with van der Waals surface area (Å²) in [5, 5.41) is 3.03. The number of hydrogen-bond donors (Lipinski definition) is 2. The molecule has 0 fully saturated rings. The molecule has 0 saturated carbocycles. The highest BCUT2D eigenvalue weighted by molar-refractivity contribution is 7.47. The molecule has 3 atom stereocenters. The molecule has 0 aromatic heterocycles. The summed E-state index contributed by atoms with van der Waals surface area (Å²) in [6.45, 7) is 6.85. The summed E-state index contributed by atoms with van der Waals surface area (Å²) in [4.78, 5) is 37.7. The Morgan fingerprint density at radius 3 is 1.27 bits per heavy atom. The van der Waals surface area contributed by atoms with Crippen molar-refractivity contribution in [1.82, 2.24) is 5.32 Å². The summed E-state index contributed by atoms with van der Waals surface area (Å²) >= 11 is 0. The number of hydrogen-bond acceptors (Lipinski definition) is 6. The van der Waals surface area contributed by atoms with Gasteiger partial charge in [-0.15, -0.1) is 0 Å². The summed E-state index contributed by atoms with van der Waals surface area (Å²) in [6, 6.07) is -0.877. The fraction of sp³-hybridized carbons (Fsp3) is 0.731. The standard InChI is InChI=1S/C67H119N2O7P/c1-7-10-13-16-19-22-25-27-29-31-33-34-36-37-39-41-44-47-50-53-56-59-66(70)68-64(63-75-77(72,73)74-62-61-69(4,5)6)65(58-55-52-49-46-43-24-21-18-15-12-9-3)76-67(71)60-57-54-51-48-45-42-40-38-35-32-30-28-26-23-20-17-14-11-8-2/h10,13,19,22,27-30,33-34,37,39,44,47,55,58,64-65H,7-9,11-12,14-18,20-21,23-26,31-32,35-36,38,40-43,45-46,48-54,56-57,59-63H2,1-6H3,(H-,68,70,72,73)/p+1/b13-10-,22-19-,29-27-,30-28+,34-33-,39-37-,47-44-,58-55+. The van der Waals surface area contributed by atoms with Gasteiger partial charge in [-0.25, -0.2) is 4.57 Å². The summed E-state index contributed by atoms with van der Waals surface area (Å²) in [5.74, 6) is -0.560. The number of carbonyl (C=O) groups is 2. The van der Waals surface area contributed by atoms with Crippen LogP contribution < -0.4 is 5.32 Å². The van der Waals surface area contributed by atoms with Crippen molar-refractivity contribution < 1.29 is 37.3 Å². The van der Waals surface area contributed by atoms with Crippen molar-refractivity contribution in [3.63, 3.8) is 0 Å². The maximum Gasteiger partial charge on any atom is 0.472 e. The van der Waals surface area contributed by atoms with E-state index >= 15 is 0 Å². The predicted octanol–water partition coefficient (Wildman–Crippen LogP) is 19.6. The molecule has 1 amide bonds. The molecule has 0 aliphatic heterocycles. The first kappa shape index (κ1) is 73.9. The van der Waals surface area contributed by atoms with E-state index in [1.54, 1.807) is 0 Å². The number of nitrogens with one attached hydrogen (secondary N) is 1. The van der Waals surface area contributed by atoms with Gasteiger partial charge >= 0.3 is 13.8 Å². The van der Waals surface area contributed by atoms with Crippen LogP contribution in [0.3, 0.4) is 0 Å². The molecule has 0 aromatic carbocycles. The number of rotatable bonds is 56. The van der Waals surface area contributed by atoms with E-state index in [0.717, 1.165) is 89.9 Å². The van der Waals surface area contributed by atoms with Gasteiger partial charge in [-0.2, -0.15) is 0 Å². The monoisotopic (exact) mass is 1100 g/mol. The number of ether oxygens (including phenoxy) is 1. The van der Waals surface area contributed by atoms with Gasteiger partial charge in [-0.05, 0) is 109 Å². The highest BCUT2D eigenvalue weighted by atomic mass is 31.2. The van der Waals surface area contributed by atoms with Crippen LogP contribution in [0.2, 0.25) is 0 Å². The zero-order valence-electron chi connectivity index (χ0n) is 50.7. The van der Waals surface area contributed by atoms with Crippen LogP contribution in [0.5, 0.6) is 0 Å². The molecule has 3 unspecified atom stereocenters. The van der Waals surface area contributed by atoms with Crippen LogP contribution in [-0.4, -0.2) is 74.3 Å². The number of amides is 1. The molecule has 0 radical (unpaired) electrons. The highest BCUT2D eigenvalue weighted by Crippen LogP contribution is 2.43.